The minimum Gasteiger partial charge on any atom is -0.491 e. The number of piperidine rings is 1. The maximum atomic E-state index is 12.4. The van der Waals surface area contributed by atoms with Gasteiger partial charge in [-0.25, -0.2) is 0 Å². The molecule has 0 unspecified atom stereocenters. The van der Waals surface area contributed by atoms with Crippen LogP contribution < -0.4 is 9.64 Å². The van der Waals surface area contributed by atoms with E-state index in [4.69, 9.17) is 9.47 Å². The highest BCUT2D eigenvalue weighted by Gasteiger charge is 2.28. The molecule has 1 aromatic carbocycles. The van der Waals surface area contributed by atoms with Gasteiger partial charge >= 0.3 is 5.97 Å². The van der Waals surface area contributed by atoms with Gasteiger partial charge in [-0.3, -0.25) is 19.3 Å². The molecule has 0 spiro atoms. The van der Waals surface area contributed by atoms with E-state index in [1.807, 2.05) is 6.07 Å². The summed E-state index contributed by atoms with van der Waals surface area (Å²) in [5.41, 5.74) is 0.543. The van der Waals surface area contributed by atoms with Gasteiger partial charge in [0, 0.05) is 13.1 Å². The van der Waals surface area contributed by atoms with Crippen LogP contribution in [0, 0.1) is 11.8 Å². The predicted molar refractivity (Wildman–Crippen MR) is 99.4 cm³/mol. The van der Waals surface area contributed by atoms with Gasteiger partial charge in [0.05, 0.1) is 18.7 Å². The molecule has 7 heteroatoms. The molecule has 2 aliphatic rings. The summed E-state index contributed by atoms with van der Waals surface area (Å²) in [6.45, 7) is 5.36. The Bertz CT molecular complexity index is 710. The Kier molecular flexibility index (Phi) is 5.98. The first-order valence-corrected chi connectivity index (χ1v) is 9.39. The number of carbonyl (C=O) groups is 3. The van der Waals surface area contributed by atoms with Crippen molar-refractivity contribution in [2.24, 2.45) is 11.8 Å². The summed E-state index contributed by atoms with van der Waals surface area (Å²) in [5.74, 6) is 0.448. The van der Waals surface area contributed by atoms with Crippen molar-refractivity contribution in [2.75, 3.05) is 37.7 Å². The number of esters is 1. The van der Waals surface area contributed by atoms with Gasteiger partial charge in [-0.15, -0.1) is 0 Å². The van der Waals surface area contributed by atoms with Crippen molar-refractivity contribution in [1.29, 1.82) is 0 Å². The monoisotopic (exact) mass is 374 g/mol. The van der Waals surface area contributed by atoms with E-state index in [9.17, 15) is 14.4 Å². The summed E-state index contributed by atoms with van der Waals surface area (Å²) in [6, 6.07) is 7.08. The number of para-hydroxylation sites is 2. The van der Waals surface area contributed by atoms with Crippen molar-refractivity contribution in [3.8, 4) is 5.75 Å². The molecule has 0 N–H and O–H groups in total. The van der Waals surface area contributed by atoms with Crippen molar-refractivity contribution in [3.63, 3.8) is 0 Å². The second-order valence-electron chi connectivity index (χ2n) is 7.45. The Morgan fingerprint density at radius 1 is 1.19 bits per heavy atom. The highest BCUT2D eigenvalue weighted by molar-refractivity contribution is 5.99. The lowest BCUT2D eigenvalue weighted by Gasteiger charge is -2.34. The van der Waals surface area contributed by atoms with Gasteiger partial charge in [-0.1, -0.05) is 26.0 Å². The Balaban J connectivity index is 1.57. The molecule has 146 valence electrons. The van der Waals surface area contributed by atoms with E-state index in [2.05, 4.69) is 13.8 Å². The van der Waals surface area contributed by atoms with E-state index in [1.165, 1.54) is 4.90 Å². The molecule has 2 heterocycles. The topological polar surface area (TPSA) is 76.2 Å². The molecule has 1 fully saturated rings. The number of carbonyl (C=O) groups excluding carboxylic acids is 3. The van der Waals surface area contributed by atoms with Gasteiger partial charge < -0.3 is 14.4 Å². The standard InChI is InChI=1S/C20H26N2O5/c1-14-9-15(2)11-21(10-14)19(24)13-27-20(25)12-22-16-5-3-4-6-17(16)26-8-7-18(22)23/h3-6,14-15H,7-13H2,1-2H3/t14-,15+. The SMILES string of the molecule is C[C@@H]1C[C@H](C)CN(C(=O)COC(=O)CN2C(=O)CCOc3ccccc32)C1. The van der Waals surface area contributed by atoms with E-state index in [0.717, 1.165) is 6.42 Å². The zero-order valence-electron chi connectivity index (χ0n) is 15.8. The third-order valence-corrected chi connectivity index (χ3v) is 4.90. The Morgan fingerprint density at radius 3 is 2.63 bits per heavy atom. The van der Waals surface area contributed by atoms with E-state index >= 15 is 0 Å². The van der Waals surface area contributed by atoms with Gasteiger partial charge in [0.1, 0.15) is 12.3 Å². The number of likely N-dealkylation sites (tertiary alicyclic amines) is 1. The molecule has 0 aliphatic carbocycles. The second-order valence-corrected chi connectivity index (χ2v) is 7.45. The minimum absolute atomic E-state index is 0.185. The number of ether oxygens (including phenoxy) is 2. The van der Waals surface area contributed by atoms with Crippen LogP contribution in [-0.2, 0) is 19.1 Å². The highest BCUT2D eigenvalue weighted by Crippen LogP contribution is 2.30. The van der Waals surface area contributed by atoms with Crippen LogP contribution in [0.1, 0.15) is 26.7 Å². The molecule has 0 radical (unpaired) electrons. The van der Waals surface area contributed by atoms with Gasteiger partial charge in [0.2, 0.25) is 5.91 Å². The molecular weight excluding hydrogens is 348 g/mol. The zero-order valence-corrected chi connectivity index (χ0v) is 15.8. The van der Waals surface area contributed by atoms with Crippen LogP contribution in [0.5, 0.6) is 5.75 Å². The molecule has 1 saturated heterocycles. The first-order chi connectivity index (χ1) is 12.9. The molecule has 2 atom stereocenters. The lowest BCUT2D eigenvalue weighted by molar-refractivity contribution is -0.152. The van der Waals surface area contributed by atoms with Crippen LogP contribution in [0.4, 0.5) is 5.69 Å². The number of amides is 2. The minimum atomic E-state index is -0.605. The maximum Gasteiger partial charge on any atom is 0.326 e. The molecule has 0 saturated carbocycles. The summed E-state index contributed by atoms with van der Waals surface area (Å²) in [5, 5.41) is 0. The third kappa shape index (κ3) is 4.78. The summed E-state index contributed by atoms with van der Waals surface area (Å²) >= 11 is 0. The fourth-order valence-electron chi connectivity index (χ4n) is 3.77. The fraction of sp³-hybridized carbons (Fsp3) is 0.550. The lowest BCUT2D eigenvalue weighted by Crippen LogP contribution is -2.45. The lowest BCUT2D eigenvalue weighted by atomic mass is 9.92. The fourth-order valence-corrected chi connectivity index (χ4v) is 3.77. The number of hydrogen-bond donors (Lipinski definition) is 0. The van der Waals surface area contributed by atoms with Crippen molar-refractivity contribution in [3.05, 3.63) is 24.3 Å². The Morgan fingerprint density at radius 2 is 1.89 bits per heavy atom. The van der Waals surface area contributed by atoms with Gasteiger partial charge in [0.15, 0.2) is 6.61 Å². The van der Waals surface area contributed by atoms with Gasteiger partial charge in [0.25, 0.3) is 5.91 Å². The molecule has 7 nitrogen and oxygen atoms in total. The van der Waals surface area contributed by atoms with Crippen LogP contribution in [-0.4, -0.2) is 55.5 Å². The molecule has 1 aromatic rings. The first-order valence-electron chi connectivity index (χ1n) is 9.39. The third-order valence-electron chi connectivity index (χ3n) is 4.90. The number of benzene rings is 1. The largest absolute Gasteiger partial charge is 0.491 e. The number of nitrogens with zero attached hydrogens (tertiary/aromatic N) is 2. The smallest absolute Gasteiger partial charge is 0.326 e. The van der Waals surface area contributed by atoms with Crippen LogP contribution in [0.3, 0.4) is 0 Å². The molecule has 2 amide bonds. The van der Waals surface area contributed by atoms with E-state index in [1.54, 1.807) is 23.1 Å². The first kappa shape index (κ1) is 19.2. The van der Waals surface area contributed by atoms with Crippen LogP contribution in [0.25, 0.3) is 0 Å². The molecule has 27 heavy (non-hydrogen) atoms. The number of rotatable bonds is 4. The summed E-state index contributed by atoms with van der Waals surface area (Å²) in [7, 11) is 0. The van der Waals surface area contributed by atoms with Crippen molar-refractivity contribution < 1.29 is 23.9 Å². The molecule has 2 aliphatic heterocycles. The van der Waals surface area contributed by atoms with E-state index < -0.39 is 5.97 Å². The summed E-state index contributed by atoms with van der Waals surface area (Å²) in [4.78, 5) is 40.1. The van der Waals surface area contributed by atoms with Crippen LogP contribution >= 0.6 is 0 Å². The zero-order chi connectivity index (χ0) is 19.4. The summed E-state index contributed by atoms with van der Waals surface area (Å²) < 4.78 is 10.7. The predicted octanol–water partition coefficient (Wildman–Crippen LogP) is 1.85. The van der Waals surface area contributed by atoms with Crippen molar-refractivity contribution in [1.82, 2.24) is 4.90 Å². The summed E-state index contributed by atoms with van der Waals surface area (Å²) in [6.07, 6.45) is 1.28. The highest BCUT2D eigenvalue weighted by atomic mass is 16.5. The molecule has 0 aromatic heterocycles. The number of fused-ring (bicyclic) bond motifs is 1. The van der Waals surface area contributed by atoms with E-state index in [-0.39, 0.29) is 38.0 Å². The van der Waals surface area contributed by atoms with Gasteiger partial charge in [-0.05, 0) is 30.4 Å². The quantitative estimate of drug-likeness (QED) is 0.752. The van der Waals surface area contributed by atoms with Gasteiger partial charge in [-0.2, -0.15) is 0 Å². The second kappa shape index (κ2) is 8.41. The average molecular weight is 374 g/mol. The Labute approximate surface area is 159 Å². The van der Waals surface area contributed by atoms with Crippen molar-refractivity contribution in [2.45, 2.75) is 26.7 Å². The number of hydrogen-bond acceptors (Lipinski definition) is 5. The maximum absolute atomic E-state index is 12.4. The average Bonchev–Trinajstić information content (AvgIpc) is 2.78. The number of anilines is 1. The normalized spacial score (nSPS) is 22.5. The Hall–Kier alpha value is -2.57. The molecular formula is C20H26N2O5. The molecule has 3 rings (SSSR count). The van der Waals surface area contributed by atoms with Crippen LogP contribution in [0.2, 0.25) is 0 Å². The van der Waals surface area contributed by atoms with Crippen LogP contribution in [0.15, 0.2) is 24.3 Å². The molecule has 0 bridgehead atoms. The van der Waals surface area contributed by atoms with E-state index in [0.29, 0.717) is 36.4 Å². The van der Waals surface area contributed by atoms with Crippen molar-refractivity contribution >= 4 is 23.5 Å².